The first-order valence-corrected chi connectivity index (χ1v) is 10.4. The monoisotopic (exact) mass is 386 g/mol. The minimum atomic E-state index is -1.42. The van der Waals surface area contributed by atoms with Gasteiger partial charge in [-0.2, -0.15) is 0 Å². The van der Waals surface area contributed by atoms with E-state index in [9.17, 15) is 19.5 Å². The number of carbonyl (C=O) groups is 3. The van der Waals surface area contributed by atoms with Crippen LogP contribution in [0.15, 0.2) is 23.8 Å². The van der Waals surface area contributed by atoms with E-state index in [1.807, 2.05) is 6.08 Å². The van der Waals surface area contributed by atoms with Crippen LogP contribution in [0.4, 0.5) is 0 Å². The molecule has 0 aromatic rings. The number of Topliss-reactive ketones (excluding diaryl/α,β-unsaturated/α-hetero) is 1. The van der Waals surface area contributed by atoms with Gasteiger partial charge < -0.3 is 9.84 Å². The Kier molecular flexibility index (Phi) is 4.46. The maximum absolute atomic E-state index is 12.8. The average Bonchev–Trinajstić information content (AvgIpc) is 2.92. The number of ether oxygens (including phenoxy) is 1. The number of allylic oxidation sites excluding steroid dienone is 4. The van der Waals surface area contributed by atoms with Crippen molar-refractivity contribution in [1.82, 2.24) is 0 Å². The van der Waals surface area contributed by atoms with Crippen molar-refractivity contribution in [3.8, 4) is 0 Å². The minimum Gasteiger partial charge on any atom is -0.458 e. The maximum Gasteiger partial charge on any atom is 0.303 e. The second-order valence-corrected chi connectivity index (χ2v) is 9.66. The van der Waals surface area contributed by atoms with E-state index in [1.54, 1.807) is 6.08 Å². The van der Waals surface area contributed by atoms with Crippen LogP contribution in [0.3, 0.4) is 0 Å². The molecule has 0 bridgehead atoms. The van der Waals surface area contributed by atoms with Crippen LogP contribution in [-0.2, 0) is 19.1 Å². The molecule has 5 heteroatoms. The highest BCUT2D eigenvalue weighted by molar-refractivity contribution is 6.01. The lowest BCUT2D eigenvalue weighted by atomic mass is 9.47. The second-order valence-electron chi connectivity index (χ2n) is 9.66. The van der Waals surface area contributed by atoms with Gasteiger partial charge in [-0.05, 0) is 68.4 Å². The summed E-state index contributed by atoms with van der Waals surface area (Å²) >= 11 is 0. The van der Waals surface area contributed by atoms with E-state index in [2.05, 4.69) is 19.9 Å². The number of esters is 1. The highest BCUT2D eigenvalue weighted by Crippen LogP contribution is 2.67. The van der Waals surface area contributed by atoms with Gasteiger partial charge in [0.05, 0.1) is 0 Å². The molecule has 5 nitrogen and oxygen atoms in total. The molecule has 6 atom stereocenters. The number of ketones is 2. The fourth-order valence-electron chi connectivity index (χ4n) is 6.96. The van der Waals surface area contributed by atoms with Gasteiger partial charge >= 0.3 is 5.97 Å². The summed E-state index contributed by atoms with van der Waals surface area (Å²) in [5.74, 6) is 0.338. The Morgan fingerprint density at radius 2 is 1.89 bits per heavy atom. The van der Waals surface area contributed by atoms with Crippen molar-refractivity contribution in [2.75, 3.05) is 6.61 Å². The molecule has 0 aromatic heterocycles. The Bertz CT molecular complexity index is 795. The van der Waals surface area contributed by atoms with E-state index in [0.29, 0.717) is 18.3 Å². The Labute approximate surface area is 166 Å². The zero-order chi connectivity index (χ0) is 20.3. The number of aliphatic hydroxyl groups is 1. The lowest BCUT2D eigenvalue weighted by molar-refractivity contribution is -0.168. The SMILES string of the molecule is CC(=O)OCC(=O)[C@@]1(O)CC[C@H]2[C@@H]3CCC4=CC(=O)C=C[C@]4(C)[C@H]3CC[C@@]21C. The minimum absolute atomic E-state index is 0.0814. The third-order valence-electron chi connectivity index (χ3n) is 8.58. The highest BCUT2D eigenvalue weighted by Gasteiger charge is 2.66. The number of hydrogen-bond donors (Lipinski definition) is 1. The number of rotatable bonds is 3. The average molecular weight is 386 g/mol. The molecule has 152 valence electrons. The summed E-state index contributed by atoms with van der Waals surface area (Å²) in [6, 6.07) is 0. The van der Waals surface area contributed by atoms with E-state index >= 15 is 0 Å². The fourth-order valence-corrected chi connectivity index (χ4v) is 6.96. The van der Waals surface area contributed by atoms with Gasteiger partial charge in [-0.3, -0.25) is 14.4 Å². The molecule has 0 aromatic carbocycles. The van der Waals surface area contributed by atoms with Crippen molar-refractivity contribution >= 4 is 17.5 Å². The Morgan fingerprint density at radius 3 is 2.61 bits per heavy atom. The molecule has 0 aliphatic heterocycles. The van der Waals surface area contributed by atoms with E-state index in [1.165, 1.54) is 12.5 Å². The summed E-state index contributed by atoms with van der Waals surface area (Å²) in [6.07, 6.45) is 10.5. The quantitative estimate of drug-likeness (QED) is 0.754. The van der Waals surface area contributed by atoms with Crippen LogP contribution < -0.4 is 0 Å². The summed E-state index contributed by atoms with van der Waals surface area (Å²) in [7, 11) is 0. The topological polar surface area (TPSA) is 80.7 Å². The van der Waals surface area contributed by atoms with Crippen LogP contribution in [0.5, 0.6) is 0 Å². The molecule has 4 rings (SSSR count). The first-order valence-electron chi connectivity index (χ1n) is 10.4. The van der Waals surface area contributed by atoms with Crippen LogP contribution in [0, 0.1) is 28.6 Å². The van der Waals surface area contributed by atoms with Crippen molar-refractivity contribution in [1.29, 1.82) is 0 Å². The summed E-state index contributed by atoms with van der Waals surface area (Å²) < 4.78 is 4.91. The van der Waals surface area contributed by atoms with Crippen LogP contribution in [0.25, 0.3) is 0 Å². The lowest BCUT2D eigenvalue weighted by Gasteiger charge is -2.57. The predicted molar refractivity (Wildman–Crippen MR) is 103 cm³/mol. The third kappa shape index (κ3) is 2.58. The highest BCUT2D eigenvalue weighted by atomic mass is 16.5. The smallest absolute Gasteiger partial charge is 0.303 e. The standard InChI is InChI=1S/C23H30O5/c1-14(24)28-13-20(26)23(27)11-8-19-17-5-4-15-12-16(25)6-9-21(15,2)18(17)7-10-22(19,23)3/h6,9,12,17-19,27H,4-5,7-8,10-11,13H2,1-3H3/t17-,18+,19+,21+,22+,23+/m1/s1. The Hall–Kier alpha value is -1.75. The van der Waals surface area contributed by atoms with Crippen molar-refractivity contribution in [3.05, 3.63) is 23.8 Å². The van der Waals surface area contributed by atoms with Crippen LogP contribution in [0.1, 0.15) is 59.3 Å². The molecule has 0 spiro atoms. The fraction of sp³-hybridized carbons (Fsp3) is 0.696. The molecule has 1 N–H and O–H groups in total. The normalized spacial score (nSPS) is 44.2. The molecule has 4 aliphatic carbocycles. The zero-order valence-corrected chi connectivity index (χ0v) is 17.0. The van der Waals surface area contributed by atoms with Gasteiger partial charge in [0.2, 0.25) is 5.78 Å². The van der Waals surface area contributed by atoms with Gasteiger partial charge in [0.15, 0.2) is 12.4 Å². The van der Waals surface area contributed by atoms with Crippen LogP contribution in [-0.4, -0.2) is 34.9 Å². The third-order valence-corrected chi connectivity index (χ3v) is 8.58. The first-order chi connectivity index (χ1) is 13.1. The summed E-state index contributed by atoms with van der Waals surface area (Å²) in [6.45, 7) is 5.23. The molecule has 3 fully saturated rings. The number of fused-ring (bicyclic) bond motifs is 5. The van der Waals surface area contributed by atoms with Gasteiger partial charge in [-0.25, -0.2) is 0 Å². The van der Waals surface area contributed by atoms with Crippen molar-refractivity contribution in [3.63, 3.8) is 0 Å². The molecule has 0 radical (unpaired) electrons. The van der Waals surface area contributed by atoms with Crippen molar-refractivity contribution < 1.29 is 24.2 Å². The molecular formula is C23H30O5. The first kappa shape index (κ1) is 19.6. The Balaban J connectivity index is 1.61. The largest absolute Gasteiger partial charge is 0.458 e. The van der Waals surface area contributed by atoms with Crippen molar-refractivity contribution in [2.45, 2.75) is 64.9 Å². The maximum atomic E-state index is 12.8. The molecule has 3 saturated carbocycles. The van der Waals surface area contributed by atoms with E-state index < -0.39 is 17.0 Å². The van der Waals surface area contributed by atoms with Gasteiger partial charge in [-0.1, -0.05) is 25.5 Å². The molecule has 28 heavy (non-hydrogen) atoms. The summed E-state index contributed by atoms with van der Waals surface area (Å²) in [5.41, 5.74) is -0.769. The summed E-state index contributed by atoms with van der Waals surface area (Å²) in [4.78, 5) is 35.8. The van der Waals surface area contributed by atoms with Gasteiger partial charge in [0.25, 0.3) is 0 Å². The molecule has 4 aliphatic rings. The molecule has 0 heterocycles. The molecular weight excluding hydrogens is 356 g/mol. The number of hydrogen-bond acceptors (Lipinski definition) is 5. The Morgan fingerprint density at radius 1 is 1.18 bits per heavy atom. The molecule has 0 amide bonds. The van der Waals surface area contributed by atoms with Gasteiger partial charge in [-0.15, -0.1) is 0 Å². The lowest BCUT2D eigenvalue weighted by Crippen LogP contribution is -2.58. The van der Waals surface area contributed by atoms with Gasteiger partial charge in [0.1, 0.15) is 5.60 Å². The molecule has 0 unspecified atom stereocenters. The predicted octanol–water partition coefficient (Wildman–Crippen LogP) is 3.16. The molecule has 0 saturated heterocycles. The van der Waals surface area contributed by atoms with Crippen LogP contribution >= 0.6 is 0 Å². The zero-order valence-electron chi connectivity index (χ0n) is 17.0. The van der Waals surface area contributed by atoms with Crippen molar-refractivity contribution in [2.24, 2.45) is 28.6 Å². The van der Waals surface area contributed by atoms with Gasteiger partial charge in [0, 0.05) is 17.8 Å². The van der Waals surface area contributed by atoms with Crippen LogP contribution in [0.2, 0.25) is 0 Å². The van der Waals surface area contributed by atoms with E-state index in [-0.39, 0.29) is 29.5 Å². The number of carbonyl (C=O) groups excluding carboxylic acids is 3. The second kappa shape index (κ2) is 6.38. The van der Waals surface area contributed by atoms with E-state index in [4.69, 9.17) is 4.74 Å². The summed E-state index contributed by atoms with van der Waals surface area (Å²) in [5, 5.41) is 11.4. The van der Waals surface area contributed by atoms with E-state index in [0.717, 1.165) is 32.1 Å².